The minimum absolute atomic E-state index is 0.775. The SMILES string of the molecule is C[SiH]1O[SiH2]O[SiH2]O[Si]2(CCCCCCCC2)O1. The van der Waals surface area contributed by atoms with E-state index in [4.69, 9.17) is 16.5 Å². The molecule has 2 saturated heterocycles. The van der Waals surface area contributed by atoms with Crippen molar-refractivity contribution < 1.29 is 16.5 Å². The smallest absolute Gasteiger partial charge is 0.320 e. The fourth-order valence-electron chi connectivity index (χ4n) is 2.58. The summed E-state index contributed by atoms with van der Waals surface area (Å²) in [5.41, 5.74) is 0. The molecule has 8 heteroatoms. The molecule has 0 N–H and O–H groups in total. The summed E-state index contributed by atoms with van der Waals surface area (Å²) in [7, 11) is -4.99. The Morgan fingerprint density at radius 1 is 0.941 bits per heavy atom. The maximum atomic E-state index is 6.33. The predicted octanol–water partition coefficient (Wildman–Crippen LogP) is 0.711. The van der Waals surface area contributed by atoms with Crippen molar-refractivity contribution in [3.8, 4) is 0 Å². The normalized spacial score (nSPS) is 34.8. The lowest BCUT2D eigenvalue weighted by atomic mass is 10.1. The van der Waals surface area contributed by atoms with Gasteiger partial charge in [-0.05, 0) is 18.6 Å². The van der Waals surface area contributed by atoms with Crippen molar-refractivity contribution in [1.29, 1.82) is 0 Å². The van der Waals surface area contributed by atoms with Crippen molar-refractivity contribution in [1.82, 2.24) is 0 Å². The van der Waals surface area contributed by atoms with Crippen molar-refractivity contribution in [3.63, 3.8) is 0 Å². The lowest BCUT2D eigenvalue weighted by molar-refractivity contribution is 0.288. The minimum Gasteiger partial charge on any atom is -0.425 e. The summed E-state index contributed by atoms with van der Waals surface area (Å²) >= 11 is 0. The van der Waals surface area contributed by atoms with Gasteiger partial charge in [0.05, 0.1) is 0 Å². The Labute approximate surface area is 112 Å². The average molecular weight is 309 g/mol. The summed E-state index contributed by atoms with van der Waals surface area (Å²) in [5, 5.41) is 0. The van der Waals surface area contributed by atoms with Gasteiger partial charge in [-0.2, -0.15) is 0 Å². The molecule has 0 radical (unpaired) electrons. The molecule has 1 spiro atoms. The predicted molar refractivity (Wildman–Crippen MR) is 77.5 cm³/mol. The summed E-state index contributed by atoms with van der Waals surface area (Å²) in [6, 6.07) is 2.34. The summed E-state index contributed by atoms with van der Waals surface area (Å²) < 4.78 is 23.9. The maximum absolute atomic E-state index is 6.33. The quantitative estimate of drug-likeness (QED) is 0.618. The molecule has 0 saturated carbocycles. The fraction of sp³-hybridized carbons (Fsp3) is 1.00. The topological polar surface area (TPSA) is 36.9 Å². The Balaban J connectivity index is 1.98. The van der Waals surface area contributed by atoms with Crippen LogP contribution in [0, 0.1) is 0 Å². The van der Waals surface area contributed by atoms with Gasteiger partial charge in [-0.25, -0.2) is 0 Å². The molecule has 2 aliphatic heterocycles. The van der Waals surface area contributed by atoms with E-state index in [9.17, 15) is 0 Å². The molecule has 0 amide bonds. The molecule has 2 fully saturated rings. The molecule has 100 valence electrons. The van der Waals surface area contributed by atoms with Gasteiger partial charge in [0, 0.05) is 0 Å². The van der Waals surface area contributed by atoms with E-state index in [1.54, 1.807) is 0 Å². The van der Waals surface area contributed by atoms with Crippen LogP contribution in [0.25, 0.3) is 0 Å². The van der Waals surface area contributed by atoms with Gasteiger partial charge in [-0.1, -0.05) is 38.5 Å². The van der Waals surface area contributed by atoms with Gasteiger partial charge in [0.2, 0.25) is 0 Å². The number of hydrogen-bond donors (Lipinski definition) is 0. The van der Waals surface area contributed by atoms with Gasteiger partial charge in [0.25, 0.3) is 29.3 Å². The third-order valence-corrected chi connectivity index (χ3v) is 15.1. The molecular formula is C9H24O4Si4. The van der Waals surface area contributed by atoms with Gasteiger partial charge in [-0.15, -0.1) is 0 Å². The molecule has 0 aromatic carbocycles. The second-order valence-electron chi connectivity index (χ2n) is 4.97. The average Bonchev–Trinajstić information content (AvgIpc) is 2.39. The van der Waals surface area contributed by atoms with E-state index in [1.807, 2.05) is 0 Å². The van der Waals surface area contributed by atoms with E-state index >= 15 is 0 Å². The molecule has 0 aromatic rings. The van der Waals surface area contributed by atoms with Crippen molar-refractivity contribution in [3.05, 3.63) is 0 Å². The van der Waals surface area contributed by atoms with E-state index in [0.29, 0.717) is 0 Å². The van der Waals surface area contributed by atoms with E-state index < -0.39 is 37.9 Å². The Bertz CT molecular complexity index is 221. The zero-order chi connectivity index (χ0) is 12.0. The number of rotatable bonds is 0. The first kappa shape index (κ1) is 14.1. The molecule has 0 aliphatic carbocycles. The third-order valence-electron chi connectivity index (χ3n) is 3.54. The highest BCUT2D eigenvalue weighted by molar-refractivity contribution is 6.78. The van der Waals surface area contributed by atoms with Crippen molar-refractivity contribution in [2.45, 2.75) is 57.2 Å². The Morgan fingerprint density at radius 2 is 1.59 bits per heavy atom. The number of hydrogen-bond acceptors (Lipinski definition) is 4. The van der Waals surface area contributed by atoms with Gasteiger partial charge in [-0.3, -0.25) is 0 Å². The van der Waals surface area contributed by atoms with E-state index in [-0.39, 0.29) is 0 Å². The molecule has 2 aliphatic rings. The molecule has 0 bridgehead atoms. The first-order chi connectivity index (χ1) is 8.31. The zero-order valence-corrected chi connectivity index (χ0v) is 15.8. The maximum Gasteiger partial charge on any atom is 0.320 e. The first-order valence-corrected chi connectivity index (χ1v) is 13.5. The van der Waals surface area contributed by atoms with E-state index in [0.717, 1.165) is 0 Å². The van der Waals surface area contributed by atoms with Crippen LogP contribution >= 0.6 is 0 Å². The van der Waals surface area contributed by atoms with E-state index in [2.05, 4.69) is 6.55 Å². The fourth-order valence-corrected chi connectivity index (χ4v) is 14.9. The van der Waals surface area contributed by atoms with Crippen molar-refractivity contribution >= 4 is 37.9 Å². The van der Waals surface area contributed by atoms with Crippen LogP contribution in [-0.2, 0) is 16.5 Å². The summed E-state index contributed by atoms with van der Waals surface area (Å²) in [6.07, 6.45) is 8.01. The van der Waals surface area contributed by atoms with Crippen LogP contribution in [0.2, 0.25) is 18.6 Å². The molecule has 2 rings (SSSR count). The van der Waals surface area contributed by atoms with Crippen LogP contribution in [0.1, 0.15) is 38.5 Å². The molecule has 4 nitrogen and oxygen atoms in total. The largest absolute Gasteiger partial charge is 0.425 e. The first-order valence-electron chi connectivity index (χ1n) is 6.82. The molecule has 1 unspecified atom stereocenters. The van der Waals surface area contributed by atoms with Crippen molar-refractivity contribution in [2.75, 3.05) is 0 Å². The summed E-state index contributed by atoms with van der Waals surface area (Å²) in [6.45, 7) is 2.13. The van der Waals surface area contributed by atoms with Gasteiger partial charge in [0.15, 0.2) is 0 Å². The van der Waals surface area contributed by atoms with Crippen molar-refractivity contribution in [2.24, 2.45) is 0 Å². The third kappa shape index (κ3) is 4.71. The molecule has 17 heavy (non-hydrogen) atoms. The molecular weight excluding hydrogens is 284 g/mol. The van der Waals surface area contributed by atoms with Gasteiger partial charge >= 0.3 is 8.56 Å². The lowest BCUT2D eigenvalue weighted by Gasteiger charge is -2.35. The monoisotopic (exact) mass is 308 g/mol. The van der Waals surface area contributed by atoms with Crippen LogP contribution in [0.15, 0.2) is 0 Å². The highest BCUT2D eigenvalue weighted by atomic mass is 28.5. The van der Waals surface area contributed by atoms with Crippen LogP contribution in [0.5, 0.6) is 0 Å². The molecule has 1 atom stereocenters. The van der Waals surface area contributed by atoms with E-state index in [1.165, 1.54) is 50.6 Å². The van der Waals surface area contributed by atoms with Crippen LogP contribution in [-0.4, -0.2) is 37.9 Å². The second-order valence-corrected chi connectivity index (χ2v) is 14.5. The highest BCUT2D eigenvalue weighted by Crippen LogP contribution is 2.29. The zero-order valence-electron chi connectivity index (χ0n) is 10.8. The lowest BCUT2D eigenvalue weighted by Crippen LogP contribution is -2.50. The second kappa shape index (κ2) is 7.33. The Kier molecular flexibility index (Phi) is 6.09. The highest BCUT2D eigenvalue weighted by Gasteiger charge is 2.39. The standard InChI is InChI=1S/C9H24O4Si4/c1-16-11-14-10-15-12-17(13-16)8-6-4-2-3-5-7-9-17/h16H,2-9,14-15H2,1H3. The molecule has 2 heterocycles. The summed E-state index contributed by atoms with van der Waals surface area (Å²) in [5.74, 6) is 0. The molecule has 0 aromatic heterocycles. The van der Waals surface area contributed by atoms with Gasteiger partial charge < -0.3 is 16.5 Å². The summed E-state index contributed by atoms with van der Waals surface area (Å²) in [4.78, 5) is 0. The van der Waals surface area contributed by atoms with Crippen LogP contribution < -0.4 is 0 Å². The van der Waals surface area contributed by atoms with Gasteiger partial charge in [0.1, 0.15) is 0 Å². The van der Waals surface area contributed by atoms with Crippen LogP contribution in [0.4, 0.5) is 0 Å². The Morgan fingerprint density at radius 3 is 2.29 bits per heavy atom. The minimum atomic E-state index is -1.93. The van der Waals surface area contributed by atoms with Crippen LogP contribution in [0.3, 0.4) is 0 Å². The Hall–Kier alpha value is 0.708.